The van der Waals surface area contributed by atoms with E-state index in [0.29, 0.717) is 11.6 Å². The van der Waals surface area contributed by atoms with Crippen molar-refractivity contribution in [1.82, 2.24) is 15.3 Å². The highest BCUT2D eigenvalue weighted by atomic mass is 16.1. The van der Waals surface area contributed by atoms with Gasteiger partial charge in [0.1, 0.15) is 5.69 Å². The highest BCUT2D eigenvalue weighted by molar-refractivity contribution is 5.92. The fraction of sp³-hybridized carbons (Fsp3) is 0.476. The van der Waals surface area contributed by atoms with Crippen LogP contribution in [0.3, 0.4) is 0 Å². The van der Waals surface area contributed by atoms with Crippen molar-refractivity contribution < 1.29 is 4.79 Å². The van der Waals surface area contributed by atoms with Crippen molar-refractivity contribution in [2.24, 2.45) is 0 Å². The van der Waals surface area contributed by atoms with E-state index in [1.54, 1.807) is 6.07 Å². The maximum atomic E-state index is 12.7. The summed E-state index contributed by atoms with van der Waals surface area (Å²) in [5, 5.41) is 6.37. The Kier molecular flexibility index (Phi) is 5.86. The fourth-order valence-corrected chi connectivity index (χ4v) is 3.37. The van der Waals surface area contributed by atoms with Gasteiger partial charge in [-0.05, 0) is 62.9 Å². The molecule has 0 spiro atoms. The highest BCUT2D eigenvalue weighted by Gasteiger charge is 2.17. The van der Waals surface area contributed by atoms with Crippen LogP contribution in [-0.4, -0.2) is 21.9 Å². The van der Waals surface area contributed by atoms with Crippen LogP contribution in [0.15, 0.2) is 24.3 Å². The first-order valence-electron chi connectivity index (χ1n) is 9.52. The lowest BCUT2D eigenvalue weighted by Gasteiger charge is -2.16. The number of nitrogens with zero attached hydrogens (tertiary/aromatic N) is 2. The molecule has 1 fully saturated rings. The summed E-state index contributed by atoms with van der Waals surface area (Å²) in [6, 6.07) is 8.13. The normalized spacial score (nSPS) is 15.3. The molecule has 3 rings (SSSR count). The maximum absolute atomic E-state index is 12.7. The number of aryl methyl sites for hydroxylation is 3. The topological polar surface area (TPSA) is 66.9 Å². The number of rotatable bonds is 4. The largest absolute Gasteiger partial charge is 0.348 e. The number of aromatic nitrogens is 2. The van der Waals surface area contributed by atoms with Crippen LogP contribution < -0.4 is 10.6 Å². The van der Waals surface area contributed by atoms with Crippen LogP contribution >= 0.6 is 0 Å². The van der Waals surface area contributed by atoms with E-state index < -0.39 is 0 Å². The van der Waals surface area contributed by atoms with Crippen molar-refractivity contribution in [3.8, 4) is 0 Å². The van der Waals surface area contributed by atoms with Crippen LogP contribution in [0, 0.1) is 20.8 Å². The summed E-state index contributed by atoms with van der Waals surface area (Å²) >= 11 is 0. The predicted octanol–water partition coefficient (Wildman–Crippen LogP) is 4.60. The van der Waals surface area contributed by atoms with E-state index >= 15 is 0 Å². The number of benzene rings is 1. The van der Waals surface area contributed by atoms with Crippen LogP contribution in [0.4, 0.5) is 11.6 Å². The van der Waals surface area contributed by atoms with Gasteiger partial charge in [-0.15, -0.1) is 0 Å². The van der Waals surface area contributed by atoms with Gasteiger partial charge >= 0.3 is 0 Å². The molecule has 138 valence electrons. The zero-order valence-corrected chi connectivity index (χ0v) is 15.9. The van der Waals surface area contributed by atoms with Gasteiger partial charge in [-0.3, -0.25) is 4.79 Å². The Bertz CT molecular complexity index is 780. The molecule has 0 atom stereocenters. The molecular formula is C21H28N4O. The van der Waals surface area contributed by atoms with E-state index in [1.165, 1.54) is 36.8 Å². The third-order valence-corrected chi connectivity index (χ3v) is 5.04. The van der Waals surface area contributed by atoms with Crippen molar-refractivity contribution in [2.75, 3.05) is 5.32 Å². The molecule has 5 nitrogen and oxygen atoms in total. The number of hydrogen-bond acceptors (Lipinski definition) is 4. The molecule has 2 N–H and O–H groups in total. The standard InChI is InChI=1S/C21H28N4O/c1-14-10-11-18(12-15(14)2)24-21-22-16(3)13-19(25-21)20(26)23-17-8-6-4-5-7-9-17/h10-13,17H,4-9H2,1-3H3,(H,23,26)(H,22,24,25). The van der Waals surface area contributed by atoms with Crippen LogP contribution in [0.1, 0.15) is 65.8 Å². The van der Waals surface area contributed by atoms with E-state index in [0.717, 1.165) is 24.2 Å². The second-order valence-electron chi connectivity index (χ2n) is 7.30. The van der Waals surface area contributed by atoms with Gasteiger partial charge in [-0.2, -0.15) is 0 Å². The average molecular weight is 352 g/mol. The summed E-state index contributed by atoms with van der Waals surface area (Å²) in [5.74, 6) is 0.352. The van der Waals surface area contributed by atoms with Crippen molar-refractivity contribution in [3.05, 3.63) is 46.8 Å². The van der Waals surface area contributed by atoms with Gasteiger partial charge < -0.3 is 10.6 Å². The van der Waals surface area contributed by atoms with Gasteiger partial charge in [-0.1, -0.05) is 31.7 Å². The second kappa shape index (κ2) is 8.30. The number of amides is 1. The molecule has 1 heterocycles. The lowest BCUT2D eigenvalue weighted by molar-refractivity contribution is 0.0928. The molecule has 0 unspecified atom stereocenters. The molecule has 1 aromatic heterocycles. The molecule has 1 saturated carbocycles. The van der Waals surface area contributed by atoms with E-state index in [-0.39, 0.29) is 11.9 Å². The minimum Gasteiger partial charge on any atom is -0.348 e. The molecule has 26 heavy (non-hydrogen) atoms. The molecule has 0 bridgehead atoms. The number of carbonyl (C=O) groups excluding carboxylic acids is 1. The van der Waals surface area contributed by atoms with Crippen molar-refractivity contribution >= 4 is 17.5 Å². The van der Waals surface area contributed by atoms with Crippen LogP contribution in [-0.2, 0) is 0 Å². The maximum Gasteiger partial charge on any atom is 0.270 e. The van der Waals surface area contributed by atoms with Crippen LogP contribution in [0.25, 0.3) is 0 Å². The van der Waals surface area contributed by atoms with Gasteiger partial charge in [0.05, 0.1) is 0 Å². The Morgan fingerprint density at radius 1 is 0.962 bits per heavy atom. The first-order valence-corrected chi connectivity index (χ1v) is 9.52. The Morgan fingerprint density at radius 3 is 2.38 bits per heavy atom. The van der Waals surface area contributed by atoms with E-state index in [1.807, 2.05) is 13.0 Å². The molecule has 2 aromatic rings. The molecule has 0 aliphatic heterocycles. The first kappa shape index (κ1) is 18.4. The van der Waals surface area contributed by atoms with E-state index in [4.69, 9.17) is 0 Å². The summed E-state index contributed by atoms with van der Waals surface area (Å²) in [4.78, 5) is 21.5. The zero-order chi connectivity index (χ0) is 18.5. The third-order valence-electron chi connectivity index (χ3n) is 5.04. The highest BCUT2D eigenvalue weighted by Crippen LogP contribution is 2.19. The Hall–Kier alpha value is -2.43. The molecule has 0 radical (unpaired) electrons. The summed E-state index contributed by atoms with van der Waals surface area (Å²) in [7, 11) is 0. The molecule has 5 heteroatoms. The SMILES string of the molecule is Cc1cc(C(=O)NC2CCCCCC2)nc(Nc2ccc(C)c(C)c2)n1. The minimum atomic E-state index is -0.106. The number of hydrogen-bond donors (Lipinski definition) is 2. The summed E-state index contributed by atoms with van der Waals surface area (Å²) in [6.45, 7) is 6.04. The smallest absolute Gasteiger partial charge is 0.270 e. The van der Waals surface area contributed by atoms with Crippen molar-refractivity contribution in [3.63, 3.8) is 0 Å². The summed E-state index contributed by atoms with van der Waals surface area (Å²) < 4.78 is 0. The molecule has 1 aliphatic rings. The lowest BCUT2D eigenvalue weighted by atomic mass is 10.1. The molecule has 1 amide bonds. The second-order valence-corrected chi connectivity index (χ2v) is 7.30. The average Bonchev–Trinajstić information content (AvgIpc) is 2.86. The lowest BCUT2D eigenvalue weighted by Crippen LogP contribution is -2.35. The van der Waals surface area contributed by atoms with E-state index in [9.17, 15) is 4.79 Å². The Labute approximate surface area is 155 Å². The van der Waals surface area contributed by atoms with Gasteiger partial charge in [0.2, 0.25) is 5.95 Å². The van der Waals surface area contributed by atoms with Crippen LogP contribution in [0.2, 0.25) is 0 Å². The Morgan fingerprint density at radius 2 is 1.69 bits per heavy atom. The minimum absolute atomic E-state index is 0.106. The first-order chi connectivity index (χ1) is 12.5. The monoisotopic (exact) mass is 352 g/mol. The van der Waals surface area contributed by atoms with Crippen LogP contribution in [0.5, 0.6) is 0 Å². The van der Waals surface area contributed by atoms with Gasteiger partial charge in [0, 0.05) is 17.4 Å². The molecular weight excluding hydrogens is 324 g/mol. The fourth-order valence-electron chi connectivity index (χ4n) is 3.37. The molecule has 1 aliphatic carbocycles. The van der Waals surface area contributed by atoms with Gasteiger partial charge in [-0.25, -0.2) is 9.97 Å². The number of anilines is 2. The third kappa shape index (κ3) is 4.81. The van der Waals surface area contributed by atoms with Gasteiger partial charge in [0.15, 0.2) is 0 Å². The Balaban J connectivity index is 1.73. The summed E-state index contributed by atoms with van der Waals surface area (Å²) in [6.07, 6.45) is 7.03. The van der Waals surface area contributed by atoms with Gasteiger partial charge in [0.25, 0.3) is 5.91 Å². The molecule has 0 saturated heterocycles. The van der Waals surface area contributed by atoms with E-state index in [2.05, 4.69) is 46.6 Å². The quantitative estimate of drug-likeness (QED) is 0.789. The predicted molar refractivity (Wildman–Crippen MR) is 105 cm³/mol. The van der Waals surface area contributed by atoms with Crippen molar-refractivity contribution in [1.29, 1.82) is 0 Å². The number of nitrogens with one attached hydrogen (secondary N) is 2. The zero-order valence-electron chi connectivity index (χ0n) is 15.9. The summed E-state index contributed by atoms with van der Waals surface area (Å²) in [5.41, 5.74) is 4.57. The van der Waals surface area contributed by atoms with Crippen molar-refractivity contribution in [2.45, 2.75) is 65.3 Å². The molecule has 1 aromatic carbocycles. The number of carbonyl (C=O) groups is 1.